The van der Waals surface area contributed by atoms with Crippen molar-refractivity contribution in [1.82, 2.24) is 10.2 Å². The van der Waals surface area contributed by atoms with E-state index in [1.165, 1.54) is 0 Å². The lowest BCUT2D eigenvalue weighted by Gasteiger charge is -2.22. The van der Waals surface area contributed by atoms with Gasteiger partial charge >= 0.3 is 12.0 Å². The van der Waals surface area contributed by atoms with Gasteiger partial charge in [0.2, 0.25) is 0 Å². The molecule has 0 saturated heterocycles. The molecule has 1 aliphatic rings. The van der Waals surface area contributed by atoms with Gasteiger partial charge < -0.3 is 20.1 Å². The summed E-state index contributed by atoms with van der Waals surface area (Å²) in [5, 5.41) is 11.1. The molecule has 18 heavy (non-hydrogen) atoms. The zero-order valence-electron chi connectivity index (χ0n) is 10.9. The van der Waals surface area contributed by atoms with Crippen LogP contribution in [0.3, 0.4) is 0 Å². The number of aliphatic carboxylic acids is 1. The summed E-state index contributed by atoms with van der Waals surface area (Å²) in [5.74, 6) is -0.996. The van der Waals surface area contributed by atoms with Gasteiger partial charge in [0.25, 0.3) is 0 Å². The molecule has 0 spiro atoms. The quantitative estimate of drug-likeness (QED) is 0.606. The third-order valence-electron chi connectivity index (χ3n) is 2.75. The Kier molecular flexibility index (Phi) is 6.49. The molecule has 0 unspecified atom stereocenters. The summed E-state index contributed by atoms with van der Waals surface area (Å²) in [6.45, 7) is 3.15. The van der Waals surface area contributed by atoms with Gasteiger partial charge in [-0.2, -0.15) is 0 Å². The van der Waals surface area contributed by atoms with Crippen LogP contribution in [0.5, 0.6) is 0 Å². The fourth-order valence-corrected chi connectivity index (χ4v) is 1.66. The van der Waals surface area contributed by atoms with Gasteiger partial charge in [0.05, 0.1) is 6.61 Å². The summed E-state index contributed by atoms with van der Waals surface area (Å²) in [6.07, 6.45) is 4.26. The maximum Gasteiger partial charge on any atom is 0.329 e. The molecule has 0 bridgehead atoms. The fourth-order valence-electron chi connectivity index (χ4n) is 1.66. The fraction of sp³-hybridized carbons (Fsp3) is 0.833. The Morgan fingerprint density at radius 1 is 1.44 bits per heavy atom. The molecule has 0 heterocycles. The number of amides is 2. The summed E-state index contributed by atoms with van der Waals surface area (Å²) < 4.78 is 4.85. The first-order valence-corrected chi connectivity index (χ1v) is 6.49. The number of rotatable bonds is 9. The Morgan fingerprint density at radius 2 is 2.17 bits per heavy atom. The normalized spacial score (nSPS) is 14.3. The molecule has 6 nitrogen and oxygen atoms in total. The SMILES string of the molecule is CCCCN(C(=O)NCCOCC(=O)O)C1CC1. The Labute approximate surface area is 107 Å². The van der Waals surface area contributed by atoms with Crippen LogP contribution < -0.4 is 5.32 Å². The van der Waals surface area contributed by atoms with E-state index in [-0.39, 0.29) is 19.2 Å². The molecule has 2 N–H and O–H groups in total. The molecule has 6 heteroatoms. The number of carboxylic acids is 1. The molecular formula is C12H22N2O4. The largest absolute Gasteiger partial charge is 0.480 e. The minimum Gasteiger partial charge on any atom is -0.480 e. The van der Waals surface area contributed by atoms with Gasteiger partial charge in [-0.05, 0) is 19.3 Å². The molecule has 0 radical (unpaired) electrons. The van der Waals surface area contributed by atoms with Crippen LogP contribution >= 0.6 is 0 Å². The Balaban J connectivity index is 2.14. The zero-order chi connectivity index (χ0) is 13.4. The molecule has 1 aliphatic carbocycles. The second kappa shape index (κ2) is 7.92. The highest BCUT2D eigenvalue weighted by Gasteiger charge is 2.31. The zero-order valence-corrected chi connectivity index (χ0v) is 10.9. The number of nitrogens with zero attached hydrogens (tertiary/aromatic N) is 1. The van der Waals surface area contributed by atoms with Gasteiger partial charge in [-0.3, -0.25) is 0 Å². The Hall–Kier alpha value is -1.30. The number of carboxylic acid groups (broad SMARTS) is 1. The number of unbranched alkanes of at least 4 members (excludes halogenated alkanes) is 1. The van der Waals surface area contributed by atoms with Gasteiger partial charge in [-0.1, -0.05) is 13.3 Å². The first kappa shape index (κ1) is 14.8. The van der Waals surface area contributed by atoms with Crippen LogP contribution in [-0.2, 0) is 9.53 Å². The molecule has 1 saturated carbocycles. The lowest BCUT2D eigenvalue weighted by Crippen LogP contribution is -2.43. The van der Waals surface area contributed by atoms with E-state index in [1.807, 2.05) is 4.90 Å². The summed E-state index contributed by atoms with van der Waals surface area (Å²) in [7, 11) is 0. The topological polar surface area (TPSA) is 78.9 Å². The summed E-state index contributed by atoms with van der Waals surface area (Å²) in [6, 6.07) is 0.335. The monoisotopic (exact) mass is 258 g/mol. The lowest BCUT2D eigenvalue weighted by atomic mass is 10.3. The molecule has 104 valence electrons. The highest BCUT2D eigenvalue weighted by Crippen LogP contribution is 2.26. The smallest absolute Gasteiger partial charge is 0.329 e. The van der Waals surface area contributed by atoms with E-state index in [0.29, 0.717) is 12.6 Å². The van der Waals surface area contributed by atoms with E-state index < -0.39 is 5.97 Å². The molecule has 1 fully saturated rings. The van der Waals surface area contributed by atoms with Gasteiger partial charge in [0.1, 0.15) is 6.61 Å². The van der Waals surface area contributed by atoms with Crippen molar-refractivity contribution >= 4 is 12.0 Å². The van der Waals surface area contributed by atoms with Crippen molar-refractivity contribution in [2.45, 2.75) is 38.6 Å². The van der Waals surface area contributed by atoms with Gasteiger partial charge in [0.15, 0.2) is 0 Å². The number of carbonyl (C=O) groups excluding carboxylic acids is 1. The second-order valence-electron chi connectivity index (χ2n) is 4.46. The van der Waals surface area contributed by atoms with E-state index >= 15 is 0 Å². The molecule has 0 atom stereocenters. The Morgan fingerprint density at radius 3 is 2.72 bits per heavy atom. The number of hydrogen-bond acceptors (Lipinski definition) is 3. The number of urea groups is 1. The van der Waals surface area contributed by atoms with Crippen LogP contribution in [0.15, 0.2) is 0 Å². The predicted molar refractivity (Wildman–Crippen MR) is 66.5 cm³/mol. The minimum atomic E-state index is -0.996. The van der Waals surface area contributed by atoms with Crippen molar-refractivity contribution in [2.24, 2.45) is 0 Å². The molecule has 1 rings (SSSR count). The van der Waals surface area contributed by atoms with E-state index in [2.05, 4.69) is 12.2 Å². The summed E-state index contributed by atoms with van der Waals surface area (Å²) >= 11 is 0. The number of carbonyl (C=O) groups is 2. The minimum absolute atomic E-state index is 0.0649. The molecule has 0 aromatic heterocycles. The third-order valence-corrected chi connectivity index (χ3v) is 2.75. The van der Waals surface area contributed by atoms with Crippen LogP contribution in [0.1, 0.15) is 32.6 Å². The van der Waals surface area contributed by atoms with E-state index in [0.717, 1.165) is 32.2 Å². The van der Waals surface area contributed by atoms with Gasteiger partial charge in [-0.25, -0.2) is 9.59 Å². The average Bonchev–Trinajstić information content (AvgIpc) is 3.13. The van der Waals surface area contributed by atoms with Crippen molar-refractivity contribution in [3.8, 4) is 0 Å². The highest BCUT2D eigenvalue weighted by atomic mass is 16.5. The molecular weight excluding hydrogens is 236 g/mol. The van der Waals surface area contributed by atoms with Gasteiger partial charge in [-0.15, -0.1) is 0 Å². The number of nitrogens with one attached hydrogen (secondary N) is 1. The average molecular weight is 258 g/mol. The van der Waals surface area contributed by atoms with Crippen molar-refractivity contribution < 1.29 is 19.4 Å². The molecule has 0 aromatic carbocycles. The van der Waals surface area contributed by atoms with Crippen molar-refractivity contribution in [1.29, 1.82) is 0 Å². The van der Waals surface area contributed by atoms with Crippen LogP contribution in [-0.4, -0.2) is 54.4 Å². The van der Waals surface area contributed by atoms with Crippen molar-refractivity contribution in [3.05, 3.63) is 0 Å². The van der Waals surface area contributed by atoms with E-state index in [4.69, 9.17) is 9.84 Å². The molecule has 0 aromatic rings. The second-order valence-corrected chi connectivity index (χ2v) is 4.46. The number of ether oxygens (including phenoxy) is 1. The first-order chi connectivity index (χ1) is 8.65. The lowest BCUT2D eigenvalue weighted by molar-refractivity contribution is -0.142. The maximum atomic E-state index is 11.9. The molecule has 0 aliphatic heterocycles. The van der Waals surface area contributed by atoms with E-state index in [1.54, 1.807) is 0 Å². The van der Waals surface area contributed by atoms with E-state index in [9.17, 15) is 9.59 Å². The molecule has 2 amide bonds. The maximum absolute atomic E-state index is 11.9. The standard InChI is InChI=1S/C12H22N2O4/c1-2-3-7-14(10-4-5-10)12(17)13-6-8-18-9-11(15)16/h10H,2-9H2,1H3,(H,13,17)(H,15,16). The highest BCUT2D eigenvalue weighted by molar-refractivity contribution is 5.74. The first-order valence-electron chi connectivity index (χ1n) is 6.49. The predicted octanol–water partition coefficient (Wildman–Crippen LogP) is 1.06. The van der Waals surface area contributed by atoms with Crippen molar-refractivity contribution in [2.75, 3.05) is 26.3 Å². The van der Waals surface area contributed by atoms with Crippen LogP contribution in [0.4, 0.5) is 4.79 Å². The van der Waals surface area contributed by atoms with Crippen molar-refractivity contribution in [3.63, 3.8) is 0 Å². The van der Waals surface area contributed by atoms with Gasteiger partial charge in [0, 0.05) is 19.1 Å². The van der Waals surface area contributed by atoms with Crippen LogP contribution in [0.2, 0.25) is 0 Å². The summed E-state index contributed by atoms with van der Waals surface area (Å²) in [4.78, 5) is 23.9. The summed E-state index contributed by atoms with van der Waals surface area (Å²) in [5.41, 5.74) is 0. The number of hydrogen-bond donors (Lipinski definition) is 2. The van der Waals surface area contributed by atoms with Crippen LogP contribution in [0, 0.1) is 0 Å². The Bertz CT molecular complexity index is 279. The van der Waals surface area contributed by atoms with Crippen LogP contribution in [0.25, 0.3) is 0 Å². The third kappa shape index (κ3) is 5.86.